The molecule has 0 radical (unpaired) electrons. The molecule has 2 fully saturated rings. The van der Waals surface area contributed by atoms with Crippen molar-refractivity contribution in [2.45, 2.75) is 58.5 Å². The molecule has 1 aliphatic carbocycles. The lowest BCUT2D eigenvalue weighted by Crippen LogP contribution is -2.51. The van der Waals surface area contributed by atoms with Crippen molar-refractivity contribution >= 4 is 39.7 Å². The molecule has 1 aliphatic heterocycles. The number of aromatic nitrogens is 6. The zero-order valence-electron chi connectivity index (χ0n) is 22.3. The average molecular weight is 517 g/mol. The number of carbonyl (C=O) groups excluding carboxylic acids is 1. The van der Waals surface area contributed by atoms with Crippen LogP contribution in [0.4, 0.5) is 16.6 Å². The number of nitrogens with zero attached hydrogens (tertiary/aromatic N) is 8. The number of piperazine rings is 1. The van der Waals surface area contributed by atoms with Gasteiger partial charge in [-0.15, -0.1) is 0 Å². The quantitative estimate of drug-likeness (QED) is 0.383. The van der Waals surface area contributed by atoms with Gasteiger partial charge in [-0.2, -0.15) is 10.2 Å². The molecular weight excluding hydrogens is 480 g/mol. The van der Waals surface area contributed by atoms with E-state index in [-0.39, 0.29) is 12.0 Å². The highest BCUT2D eigenvalue weighted by Crippen LogP contribution is 2.48. The molecule has 1 saturated carbocycles. The number of fused-ring (bicyclic) bond motifs is 2. The lowest BCUT2D eigenvalue weighted by molar-refractivity contribution is 0.204. The number of amides is 2. The molecule has 4 heterocycles. The van der Waals surface area contributed by atoms with Crippen LogP contribution in [-0.2, 0) is 6.54 Å². The Bertz CT molecular complexity index is 1490. The van der Waals surface area contributed by atoms with Gasteiger partial charge < -0.3 is 21.3 Å². The van der Waals surface area contributed by atoms with Crippen molar-refractivity contribution in [2.75, 3.05) is 36.8 Å². The topological polar surface area (TPSA) is 137 Å². The van der Waals surface area contributed by atoms with Gasteiger partial charge in [-0.25, -0.2) is 14.8 Å². The van der Waals surface area contributed by atoms with Crippen LogP contribution in [0.5, 0.6) is 0 Å². The maximum atomic E-state index is 11.7. The third-order valence-corrected chi connectivity index (χ3v) is 8.18. The van der Waals surface area contributed by atoms with Crippen LogP contribution in [0.25, 0.3) is 21.9 Å². The first-order valence-corrected chi connectivity index (χ1v) is 13.7. The second kappa shape index (κ2) is 9.45. The van der Waals surface area contributed by atoms with Crippen LogP contribution in [0.15, 0.2) is 24.4 Å². The van der Waals surface area contributed by atoms with E-state index in [1.54, 1.807) is 4.90 Å². The molecule has 11 heteroatoms. The second-order valence-electron chi connectivity index (χ2n) is 10.6. The molecular formula is C27H36N10O. The van der Waals surface area contributed by atoms with Crippen molar-refractivity contribution < 1.29 is 4.79 Å². The number of hydrogen-bond acceptors (Lipinski definition) is 7. The fourth-order valence-electron chi connectivity index (χ4n) is 5.69. The molecule has 4 aromatic rings. The standard InChI is InChI=1S/C27H36N10O/c1-4-16(3)37-24-22(21(17-6-7-17)18-8-9-20-19(14-18)15-30-36(20)5-2)31-27(32-23(24)25(28)33-37)35-12-10-34(11-13-35)26(29)38/h8-9,14-17,21H,4-7,10-13H2,1-3H3,(H2,28,33)(H2,29,38)/t16-,21?/m0/s1. The molecule has 2 atom stereocenters. The smallest absolute Gasteiger partial charge is 0.314 e. The van der Waals surface area contributed by atoms with Gasteiger partial charge in [0.1, 0.15) is 11.0 Å². The van der Waals surface area contributed by atoms with Crippen molar-refractivity contribution in [1.82, 2.24) is 34.4 Å². The summed E-state index contributed by atoms with van der Waals surface area (Å²) in [7, 11) is 0. The molecule has 4 N–H and O–H groups in total. The monoisotopic (exact) mass is 516 g/mol. The van der Waals surface area contributed by atoms with Gasteiger partial charge in [0.15, 0.2) is 5.82 Å². The summed E-state index contributed by atoms with van der Waals surface area (Å²) in [5, 5.41) is 10.5. The summed E-state index contributed by atoms with van der Waals surface area (Å²) in [6.07, 6.45) is 5.18. The van der Waals surface area contributed by atoms with Crippen LogP contribution in [-0.4, -0.2) is 66.6 Å². The summed E-state index contributed by atoms with van der Waals surface area (Å²) in [6.45, 7) is 9.56. The van der Waals surface area contributed by atoms with Gasteiger partial charge in [0.25, 0.3) is 0 Å². The van der Waals surface area contributed by atoms with Crippen molar-refractivity contribution in [2.24, 2.45) is 11.7 Å². The normalized spacial score (nSPS) is 17.9. The molecule has 38 heavy (non-hydrogen) atoms. The van der Waals surface area contributed by atoms with E-state index in [1.165, 1.54) is 5.56 Å². The lowest BCUT2D eigenvalue weighted by Gasteiger charge is -2.34. The summed E-state index contributed by atoms with van der Waals surface area (Å²) in [5.41, 5.74) is 17.0. The number of nitrogen functional groups attached to an aromatic ring is 1. The number of benzene rings is 1. The maximum absolute atomic E-state index is 11.7. The molecule has 2 amide bonds. The van der Waals surface area contributed by atoms with E-state index < -0.39 is 6.03 Å². The second-order valence-corrected chi connectivity index (χ2v) is 10.6. The highest BCUT2D eigenvalue weighted by molar-refractivity contribution is 5.89. The highest BCUT2D eigenvalue weighted by Gasteiger charge is 2.38. The Morgan fingerprint density at radius 2 is 1.89 bits per heavy atom. The van der Waals surface area contributed by atoms with E-state index >= 15 is 0 Å². The van der Waals surface area contributed by atoms with Gasteiger partial charge in [-0.3, -0.25) is 9.36 Å². The van der Waals surface area contributed by atoms with Crippen molar-refractivity contribution in [1.29, 1.82) is 0 Å². The summed E-state index contributed by atoms with van der Waals surface area (Å²) in [4.78, 5) is 25.7. The van der Waals surface area contributed by atoms with Crippen LogP contribution < -0.4 is 16.4 Å². The van der Waals surface area contributed by atoms with E-state index in [0.29, 0.717) is 49.4 Å². The Morgan fingerprint density at radius 3 is 2.55 bits per heavy atom. The Hall–Kier alpha value is -3.89. The van der Waals surface area contributed by atoms with E-state index in [2.05, 4.69) is 49.0 Å². The number of rotatable bonds is 7. The molecule has 1 saturated heterocycles. The highest BCUT2D eigenvalue weighted by atomic mass is 16.2. The zero-order chi connectivity index (χ0) is 26.6. The maximum Gasteiger partial charge on any atom is 0.314 e. The Balaban J connectivity index is 1.51. The van der Waals surface area contributed by atoms with Crippen LogP contribution in [0.3, 0.4) is 0 Å². The molecule has 6 rings (SSSR count). The SMILES string of the molecule is CC[C@H](C)n1nc(N)c2nc(N3CCN(C(N)=O)CC3)nc(C(c3ccc4c(cnn4CC)c3)C3CC3)c21. The minimum absolute atomic E-state index is 0.0967. The number of aryl methyl sites for hydroxylation is 1. The predicted molar refractivity (Wildman–Crippen MR) is 148 cm³/mol. The van der Waals surface area contributed by atoms with E-state index in [9.17, 15) is 4.79 Å². The fraction of sp³-hybridized carbons (Fsp3) is 0.519. The molecule has 0 spiro atoms. The van der Waals surface area contributed by atoms with Crippen molar-refractivity contribution in [3.8, 4) is 0 Å². The first-order chi connectivity index (χ1) is 18.4. The first-order valence-electron chi connectivity index (χ1n) is 13.7. The molecule has 3 aromatic heterocycles. The summed E-state index contributed by atoms with van der Waals surface area (Å²) < 4.78 is 4.05. The average Bonchev–Trinajstić information content (AvgIpc) is 3.59. The molecule has 0 bridgehead atoms. The predicted octanol–water partition coefficient (Wildman–Crippen LogP) is 3.49. The van der Waals surface area contributed by atoms with Crippen LogP contribution in [0.2, 0.25) is 0 Å². The number of carbonyl (C=O) groups is 1. The molecule has 1 aromatic carbocycles. The fourth-order valence-corrected chi connectivity index (χ4v) is 5.69. The van der Waals surface area contributed by atoms with Crippen LogP contribution in [0.1, 0.15) is 63.3 Å². The minimum Gasteiger partial charge on any atom is -0.380 e. The first kappa shape index (κ1) is 24.4. The van der Waals surface area contributed by atoms with Gasteiger partial charge in [0.2, 0.25) is 5.95 Å². The van der Waals surface area contributed by atoms with Crippen molar-refractivity contribution in [3.05, 3.63) is 35.7 Å². The van der Waals surface area contributed by atoms with Gasteiger partial charge in [-0.1, -0.05) is 13.0 Å². The van der Waals surface area contributed by atoms with Gasteiger partial charge in [0, 0.05) is 50.1 Å². The van der Waals surface area contributed by atoms with E-state index in [1.807, 2.05) is 15.6 Å². The van der Waals surface area contributed by atoms with Crippen LogP contribution >= 0.6 is 0 Å². The number of hydrogen-bond donors (Lipinski definition) is 2. The van der Waals surface area contributed by atoms with E-state index in [0.717, 1.165) is 47.9 Å². The third-order valence-electron chi connectivity index (χ3n) is 8.18. The van der Waals surface area contributed by atoms with E-state index in [4.69, 9.17) is 26.5 Å². The largest absolute Gasteiger partial charge is 0.380 e. The Labute approximate surface area is 221 Å². The minimum atomic E-state index is -0.392. The molecule has 2 aliphatic rings. The third kappa shape index (κ3) is 4.10. The van der Waals surface area contributed by atoms with Crippen LogP contribution in [0, 0.1) is 5.92 Å². The summed E-state index contributed by atoms with van der Waals surface area (Å²) >= 11 is 0. The zero-order valence-corrected chi connectivity index (χ0v) is 22.3. The summed E-state index contributed by atoms with van der Waals surface area (Å²) in [6, 6.07) is 6.44. The molecule has 11 nitrogen and oxygen atoms in total. The molecule has 200 valence electrons. The number of nitrogens with two attached hydrogens (primary N) is 2. The lowest BCUT2D eigenvalue weighted by atomic mass is 9.89. The Morgan fingerprint density at radius 1 is 1.13 bits per heavy atom. The van der Waals surface area contributed by atoms with Gasteiger partial charge >= 0.3 is 6.03 Å². The van der Waals surface area contributed by atoms with Gasteiger partial charge in [0.05, 0.1) is 17.4 Å². The Kier molecular flexibility index (Phi) is 6.08. The number of primary amides is 1. The summed E-state index contributed by atoms with van der Waals surface area (Å²) in [5.74, 6) is 1.65. The number of anilines is 2. The van der Waals surface area contributed by atoms with Crippen molar-refractivity contribution in [3.63, 3.8) is 0 Å². The molecule has 1 unspecified atom stereocenters. The van der Waals surface area contributed by atoms with Gasteiger partial charge in [-0.05, 0) is 56.7 Å². The number of urea groups is 1.